The third kappa shape index (κ3) is 10.2. The Balaban J connectivity index is 1.12. The van der Waals surface area contributed by atoms with Gasteiger partial charge in [-0.05, 0) is 115 Å². The zero-order valence-corrected chi connectivity index (χ0v) is 45.0. The quantitative estimate of drug-likeness (QED) is 0.0535. The van der Waals surface area contributed by atoms with Crippen LogP contribution in [0.1, 0.15) is 55.6 Å². The molecular formula is C76H52N4S. The lowest BCUT2D eigenvalue weighted by Gasteiger charge is -2.23. The summed E-state index contributed by atoms with van der Waals surface area (Å²) in [5.41, 5.74) is 22.4. The second-order valence-electron chi connectivity index (χ2n) is 19.6. The van der Waals surface area contributed by atoms with E-state index in [-0.39, 0.29) is 5.36 Å². The minimum atomic E-state index is 0.210. The van der Waals surface area contributed by atoms with E-state index in [1.165, 1.54) is 0 Å². The molecule has 10 aromatic rings. The maximum atomic E-state index is 10.3. The van der Waals surface area contributed by atoms with Crippen molar-refractivity contribution < 1.29 is 0 Å². The monoisotopic (exact) mass is 1050 g/mol. The number of nitrogens with one attached hydrogen (secondary N) is 3. The van der Waals surface area contributed by atoms with Gasteiger partial charge < -0.3 is 9.97 Å². The molecule has 0 radical (unpaired) electrons. The first-order valence-electron chi connectivity index (χ1n) is 26.8. The third-order valence-electron chi connectivity index (χ3n) is 14.8. The average molecular weight is 1050 g/mol. The van der Waals surface area contributed by atoms with E-state index >= 15 is 0 Å². The van der Waals surface area contributed by atoms with Crippen LogP contribution in [-0.4, -0.2) is 9.97 Å². The number of benzene rings is 11. The van der Waals surface area contributed by atoms with Crippen molar-refractivity contribution in [2.45, 2.75) is 0 Å². The van der Waals surface area contributed by atoms with E-state index in [0.29, 0.717) is 22.2 Å². The van der Waals surface area contributed by atoms with Crippen LogP contribution in [0.2, 0.25) is 0 Å². The van der Waals surface area contributed by atoms with Gasteiger partial charge in [-0.2, -0.15) is 0 Å². The predicted octanol–water partition coefficient (Wildman–Crippen LogP) is 17.3. The zero-order chi connectivity index (χ0) is 55.1. The van der Waals surface area contributed by atoms with Crippen molar-refractivity contribution >= 4 is 35.1 Å². The van der Waals surface area contributed by atoms with E-state index in [2.05, 4.69) is 246 Å². The van der Waals surface area contributed by atoms with E-state index in [1.54, 1.807) is 0 Å². The molecule has 1 aliphatic heterocycles. The van der Waals surface area contributed by atoms with Gasteiger partial charge in [0.2, 0.25) is 0 Å². The van der Waals surface area contributed by atoms with Crippen LogP contribution in [0.5, 0.6) is 0 Å². The second kappa shape index (κ2) is 23.1. The maximum Gasteiger partial charge on any atom is 0.107 e. The van der Waals surface area contributed by atoms with Gasteiger partial charge in [0.25, 0.3) is 0 Å². The molecule has 382 valence electrons. The highest BCUT2D eigenvalue weighted by molar-refractivity contribution is 7.78. The number of fused-ring (bicyclic) bond motifs is 1. The molecule has 0 aromatic heterocycles. The van der Waals surface area contributed by atoms with Crippen molar-refractivity contribution in [3.05, 3.63) is 345 Å². The van der Waals surface area contributed by atoms with Crippen LogP contribution in [0.25, 0.3) is 78.4 Å². The number of rotatable bonds is 12. The van der Waals surface area contributed by atoms with Crippen LogP contribution in [-0.2, 0) is 0 Å². The number of aromatic nitrogens is 2. The summed E-state index contributed by atoms with van der Waals surface area (Å²) in [4.78, 5) is 7.91. The first kappa shape index (κ1) is 51.1. The van der Waals surface area contributed by atoms with Crippen molar-refractivity contribution in [2.75, 3.05) is 0 Å². The molecule has 5 heteroatoms. The Hall–Kier alpha value is -10.7. The smallest absolute Gasteiger partial charge is 0.107 e. The number of thiol groups is 1. The van der Waals surface area contributed by atoms with Crippen molar-refractivity contribution in [3.63, 3.8) is 0 Å². The minimum Gasteiger partial charge on any atom is -0.351 e. The van der Waals surface area contributed by atoms with Gasteiger partial charge in [-0.15, -0.1) is 12.8 Å². The summed E-state index contributed by atoms with van der Waals surface area (Å²) in [6.07, 6.45) is 11.8. The van der Waals surface area contributed by atoms with Crippen LogP contribution < -0.4 is 10.7 Å². The highest BCUT2D eigenvalue weighted by Gasteiger charge is 2.26. The predicted molar refractivity (Wildman–Crippen MR) is 338 cm³/mol. The van der Waals surface area contributed by atoms with Crippen molar-refractivity contribution in [1.29, 1.82) is 5.41 Å². The molecule has 3 N–H and O–H groups in total. The Morgan fingerprint density at radius 1 is 0.309 bits per heavy atom. The van der Waals surface area contributed by atoms with Crippen molar-refractivity contribution in [1.82, 2.24) is 9.97 Å². The maximum absolute atomic E-state index is 10.3. The summed E-state index contributed by atoms with van der Waals surface area (Å²) in [5, 5.41) is 11.0. The summed E-state index contributed by atoms with van der Waals surface area (Å²) < 4.78 is 4.71. The standard InChI is InChI=1S/C76H52N4S/c1-3-51-35-39-63(40-36-51)72-73(64-41-37-52(4-2)38-42-64)79-76-70(62-49-45-60(46-50-62)68(58-33-21-10-22-34-58)66(55-27-15-7-16-28-55)56-29-17-8-18-30-56)74(80-81)71(77)69(75(76)78-72)61-47-43-59(44-48-61)67(57-31-19-9-20-32-57)65(53-23-11-5-12-24-53)54-25-13-6-14-26-54/h1-2,5-50,77-79,81H. The van der Waals surface area contributed by atoms with Gasteiger partial charge in [0.05, 0.1) is 28.1 Å². The lowest BCUT2D eigenvalue weighted by molar-refractivity contribution is 1.14. The third-order valence-corrected chi connectivity index (χ3v) is 15.0. The molecule has 10 aromatic carbocycles. The molecule has 0 saturated carbocycles. The Bertz CT molecular complexity index is 4370. The fourth-order valence-electron chi connectivity index (χ4n) is 11.0. The van der Waals surface area contributed by atoms with E-state index in [4.69, 9.17) is 30.1 Å². The molecule has 1 heterocycles. The van der Waals surface area contributed by atoms with Crippen LogP contribution in [0.4, 0.5) is 0 Å². The SMILES string of the molecule is C#Cc1ccc(-c2[nH]c3c(-c4ccc(C(=C(c5ccccc5)c5ccccc5)c5ccccc5)cc4)c(=N)c(=NS)c(-c4ccc(C(=C(c5ccccc5)c5ccccc5)c5ccccc5)cc4)c-3[nH]c2-c2ccc(C#C)cc2)cc1. The fourth-order valence-corrected chi connectivity index (χ4v) is 11.2. The number of hydrogen-bond acceptors (Lipinski definition) is 3. The number of hydrogen-bond donors (Lipinski definition) is 4. The number of terminal acetylenes is 2. The van der Waals surface area contributed by atoms with Gasteiger partial charge in [0.1, 0.15) is 5.36 Å². The van der Waals surface area contributed by atoms with E-state index in [0.717, 1.165) is 117 Å². The molecular weight excluding hydrogens is 1000 g/mol. The molecule has 0 amide bonds. The largest absolute Gasteiger partial charge is 0.351 e. The van der Waals surface area contributed by atoms with Gasteiger partial charge in [0.15, 0.2) is 0 Å². The average Bonchev–Trinajstić information content (AvgIpc) is 3.68. The summed E-state index contributed by atoms with van der Waals surface area (Å²) in [5.74, 6) is 5.55. The van der Waals surface area contributed by atoms with E-state index in [9.17, 15) is 5.41 Å². The van der Waals surface area contributed by atoms with Crippen LogP contribution in [0, 0.1) is 30.1 Å². The Morgan fingerprint density at radius 3 is 0.827 bits per heavy atom. The molecule has 12 rings (SSSR count). The molecule has 0 atom stereocenters. The van der Waals surface area contributed by atoms with Crippen molar-refractivity contribution in [3.8, 4) is 80.8 Å². The van der Waals surface area contributed by atoms with Crippen LogP contribution >= 0.6 is 12.8 Å². The first-order chi connectivity index (χ1) is 40.0. The topological polar surface area (TPSA) is 67.8 Å². The molecule has 81 heavy (non-hydrogen) atoms. The Labute approximate surface area is 478 Å². The summed E-state index contributed by atoms with van der Waals surface area (Å²) in [6, 6.07) is 96.5. The number of nitrogens with zero attached hydrogens (tertiary/aromatic N) is 1. The second-order valence-corrected chi connectivity index (χ2v) is 19.8. The van der Waals surface area contributed by atoms with E-state index < -0.39 is 0 Å². The highest BCUT2D eigenvalue weighted by Crippen LogP contribution is 2.43. The number of aromatic amines is 2. The molecule has 0 fully saturated rings. The van der Waals surface area contributed by atoms with Gasteiger partial charge in [0, 0.05) is 33.4 Å². The summed E-state index contributed by atoms with van der Waals surface area (Å²) in [7, 11) is 0. The zero-order valence-electron chi connectivity index (χ0n) is 44.1. The molecule has 4 nitrogen and oxygen atoms in total. The van der Waals surface area contributed by atoms with E-state index in [1.807, 2.05) is 54.6 Å². The van der Waals surface area contributed by atoms with Crippen LogP contribution in [0.15, 0.2) is 283 Å². The normalized spacial score (nSPS) is 11.1. The summed E-state index contributed by atoms with van der Waals surface area (Å²) >= 11 is 4.72. The minimum absolute atomic E-state index is 0.210. The van der Waals surface area contributed by atoms with Crippen LogP contribution in [0.3, 0.4) is 0 Å². The Morgan fingerprint density at radius 2 is 0.556 bits per heavy atom. The molecule has 0 spiro atoms. The van der Waals surface area contributed by atoms with Crippen molar-refractivity contribution in [2.24, 2.45) is 4.40 Å². The molecule has 1 aliphatic carbocycles. The summed E-state index contributed by atoms with van der Waals surface area (Å²) in [6.45, 7) is 0. The van der Waals surface area contributed by atoms with Gasteiger partial charge >= 0.3 is 0 Å². The molecule has 0 bridgehead atoms. The molecule has 0 unspecified atom stereocenters. The fraction of sp³-hybridized carbons (Fsp3) is 0. The molecule has 0 saturated heterocycles. The van der Waals surface area contributed by atoms with Gasteiger partial charge in [-0.3, -0.25) is 5.41 Å². The lowest BCUT2D eigenvalue weighted by atomic mass is 9.84. The first-order valence-corrected chi connectivity index (χ1v) is 27.2. The molecule has 2 aliphatic rings. The number of H-pyrrole nitrogens is 2. The van der Waals surface area contributed by atoms with Gasteiger partial charge in [-0.1, -0.05) is 267 Å². The van der Waals surface area contributed by atoms with Gasteiger partial charge in [-0.25, -0.2) is 4.40 Å². The Kier molecular flexibility index (Phi) is 14.6. The highest BCUT2D eigenvalue weighted by atomic mass is 32.1. The lowest BCUT2D eigenvalue weighted by Crippen LogP contribution is -2.31.